The number of rotatable bonds is 5. The molecule has 2 amide bonds. The summed E-state index contributed by atoms with van der Waals surface area (Å²) in [6.07, 6.45) is 0.155. The lowest BCUT2D eigenvalue weighted by molar-refractivity contribution is -0.116. The van der Waals surface area contributed by atoms with Crippen molar-refractivity contribution < 1.29 is 9.59 Å². The molecule has 2 aromatic rings. The number of halogens is 3. The molecule has 0 unspecified atom stereocenters. The molecule has 2 N–H and O–H groups in total. The first-order valence-electron chi connectivity index (χ1n) is 6.74. The van der Waals surface area contributed by atoms with E-state index in [2.05, 4.69) is 26.6 Å². The zero-order valence-electron chi connectivity index (χ0n) is 11.9. The first-order chi connectivity index (χ1) is 11.0. The predicted molar refractivity (Wildman–Crippen MR) is 96.2 cm³/mol. The maximum atomic E-state index is 11.9. The van der Waals surface area contributed by atoms with Gasteiger partial charge < -0.3 is 10.6 Å². The molecule has 0 aliphatic heterocycles. The third-order valence-corrected chi connectivity index (χ3v) is 4.22. The van der Waals surface area contributed by atoms with Crippen molar-refractivity contribution in [2.24, 2.45) is 0 Å². The van der Waals surface area contributed by atoms with Crippen LogP contribution in [0.5, 0.6) is 0 Å². The van der Waals surface area contributed by atoms with Gasteiger partial charge in [-0.3, -0.25) is 9.59 Å². The molecule has 0 spiro atoms. The van der Waals surface area contributed by atoms with Crippen LogP contribution in [0, 0.1) is 0 Å². The van der Waals surface area contributed by atoms with Crippen LogP contribution in [-0.2, 0) is 4.79 Å². The Morgan fingerprint density at radius 2 is 1.70 bits per heavy atom. The quantitative estimate of drug-likeness (QED) is 0.754. The Kier molecular flexibility index (Phi) is 6.45. The zero-order chi connectivity index (χ0) is 16.8. The molecular formula is C16H13BrCl2N2O2. The first kappa shape index (κ1) is 17.8. The Hall–Kier alpha value is -1.56. The average molecular weight is 416 g/mol. The van der Waals surface area contributed by atoms with Crippen LogP contribution in [0.15, 0.2) is 46.9 Å². The number of nitrogens with one attached hydrogen (secondary N) is 2. The normalized spacial score (nSPS) is 10.2. The molecule has 0 aliphatic carbocycles. The number of carbonyl (C=O) groups is 2. The van der Waals surface area contributed by atoms with Crippen LogP contribution >= 0.6 is 39.1 Å². The molecule has 120 valence electrons. The van der Waals surface area contributed by atoms with Crippen molar-refractivity contribution in [1.82, 2.24) is 5.32 Å². The number of carbonyl (C=O) groups excluding carboxylic acids is 2. The lowest BCUT2D eigenvalue weighted by Gasteiger charge is -2.08. The Morgan fingerprint density at radius 3 is 2.35 bits per heavy atom. The second-order valence-electron chi connectivity index (χ2n) is 4.69. The fraction of sp³-hybridized carbons (Fsp3) is 0.125. The summed E-state index contributed by atoms with van der Waals surface area (Å²) in [4.78, 5) is 23.7. The highest BCUT2D eigenvalue weighted by molar-refractivity contribution is 9.10. The number of hydrogen-bond acceptors (Lipinski definition) is 2. The van der Waals surface area contributed by atoms with E-state index in [4.69, 9.17) is 23.2 Å². The van der Waals surface area contributed by atoms with E-state index in [1.165, 1.54) is 0 Å². The summed E-state index contributed by atoms with van der Waals surface area (Å²) >= 11 is 15.0. The maximum Gasteiger partial charge on any atom is 0.251 e. The van der Waals surface area contributed by atoms with Crippen LogP contribution in [0.1, 0.15) is 16.8 Å². The maximum absolute atomic E-state index is 11.9. The SMILES string of the molecule is O=C(CCNC(=O)c1ccc(Br)cc1)Nc1ccc(Cl)c(Cl)c1. The summed E-state index contributed by atoms with van der Waals surface area (Å²) in [6, 6.07) is 11.8. The predicted octanol–water partition coefficient (Wildman–Crippen LogP) is 4.51. The first-order valence-corrected chi connectivity index (χ1v) is 8.29. The van der Waals surface area contributed by atoms with Crippen LogP contribution in [0.25, 0.3) is 0 Å². The van der Waals surface area contributed by atoms with E-state index in [1.54, 1.807) is 42.5 Å². The van der Waals surface area contributed by atoms with Crippen LogP contribution in [-0.4, -0.2) is 18.4 Å². The highest BCUT2D eigenvalue weighted by Crippen LogP contribution is 2.24. The molecule has 0 bridgehead atoms. The fourth-order valence-electron chi connectivity index (χ4n) is 1.79. The Labute approximate surface area is 152 Å². The van der Waals surface area contributed by atoms with E-state index in [1.807, 2.05) is 0 Å². The van der Waals surface area contributed by atoms with Crippen molar-refractivity contribution >= 4 is 56.6 Å². The standard InChI is InChI=1S/C16H13BrCl2N2O2/c17-11-3-1-10(2-4-11)16(23)20-8-7-15(22)21-12-5-6-13(18)14(19)9-12/h1-6,9H,7-8H2,(H,20,23)(H,21,22). The summed E-state index contributed by atoms with van der Waals surface area (Å²) in [5, 5.41) is 6.18. The minimum Gasteiger partial charge on any atom is -0.352 e. The van der Waals surface area contributed by atoms with Gasteiger partial charge in [-0.25, -0.2) is 0 Å². The second-order valence-corrected chi connectivity index (χ2v) is 6.42. The van der Waals surface area contributed by atoms with Gasteiger partial charge >= 0.3 is 0 Å². The van der Waals surface area contributed by atoms with Crippen molar-refractivity contribution in [3.8, 4) is 0 Å². The highest BCUT2D eigenvalue weighted by Gasteiger charge is 2.07. The Balaban J connectivity index is 1.79. The minimum absolute atomic E-state index is 0.155. The van der Waals surface area contributed by atoms with Crippen molar-refractivity contribution in [3.63, 3.8) is 0 Å². The van der Waals surface area contributed by atoms with E-state index in [9.17, 15) is 9.59 Å². The molecule has 0 atom stereocenters. The molecule has 0 saturated carbocycles. The molecular weight excluding hydrogens is 403 g/mol. The van der Waals surface area contributed by atoms with Crippen molar-refractivity contribution in [2.45, 2.75) is 6.42 Å². The van der Waals surface area contributed by atoms with Gasteiger partial charge in [-0.1, -0.05) is 39.1 Å². The number of benzene rings is 2. The van der Waals surface area contributed by atoms with Gasteiger partial charge in [0.05, 0.1) is 10.0 Å². The van der Waals surface area contributed by atoms with Crippen LogP contribution < -0.4 is 10.6 Å². The lowest BCUT2D eigenvalue weighted by atomic mass is 10.2. The smallest absolute Gasteiger partial charge is 0.251 e. The topological polar surface area (TPSA) is 58.2 Å². The van der Waals surface area contributed by atoms with E-state index in [0.29, 0.717) is 21.3 Å². The van der Waals surface area contributed by atoms with Gasteiger partial charge in [0.15, 0.2) is 0 Å². The molecule has 2 rings (SSSR count). The number of hydrogen-bond donors (Lipinski definition) is 2. The van der Waals surface area contributed by atoms with Crippen molar-refractivity contribution in [1.29, 1.82) is 0 Å². The summed E-state index contributed by atoms with van der Waals surface area (Å²) in [5.74, 6) is -0.445. The van der Waals surface area contributed by atoms with Gasteiger partial charge in [0.2, 0.25) is 5.91 Å². The van der Waals surface area contributed by atoms with Crippen LogP contribution in [0.3, 0.4) is 0 Å². The molecule has 0 aliphatic rings. The minimum atomic E-state index is -0.223. The van der Waals surface area contributed by atoms with Crippen LogP contribution in [0.2, 0.25) is 10.0 Å². The molecule has 23 heavy (non-hydrogen) atoms. The number of amides is 2. The zero-order valence-corrected chi connectivity index (χ0v) is 15.0. The van der Waals surface area contributed by atoms with E-state index < -0.39 is 0 Å². The molecule has 0 radical (unpaired) electrons. The lowest BCUT2D eigenvalue weighted by Crippen LogP contribution is -2.27. The van der Waals surface area contributed by atoms with E-state index in [-0.39, 0.29) is 24.8 Å². The van der Waals surface area contributed by atoms with E-state index in [0.717, 1.165) is 4.47 Å². The van der Waals surface area contributed by atoms with Gasteiger partial charge in [-0.05, 0) is 42.5 Å². The Morgan fingerprint density at radius 1 is 1.00 bits per heavy atom. The summed E-state index contributed by atoms with van der Waals surface area (Å²) < 4.78 is 0.898. The van der Waals surface area contributed by atoms with E-state index >= 15 is 0 Å². The molecule has 0 aromatic heterocycles. The van der Waals surface area contributed by atoms with Gasteiger partial charge in [0.25, 0.3) is 5.91 Å². The molecule has 2 aromatic carbocycles. The molecule has 0 saturated heterocycles. The van der Waals surface area contributed by atoms with Gasteiger partial charge in [-0.2, -0.15) is 0 Å². The fourth-order valence-corrected chi connectivity index (χ4v) is 2.35. The van der Waals surface area contributed by atoms with Gasteiger partial charge in [0, 0.05) is 28.7 Å². The van der Waals surface area contributed by atoms with Crippen molar-refractivity contribution in [2.75, 3.05) is 11.9 Å². The average Bonchev–Trinajstić information content (AvgIpc) is 2.51. The second kappa shape index (κ2) is 8.34. The van der Waals surface area contributed by atoms with Crippen molar-refractivity contribution in [3.05, 3.63) is 62.5 Å². The third kappa shape index (κ3) is 5.53. The van der Waals surface area contributed by atoms with Gasteiger partial charge in [0.1, 0.15) is 0 Å². The van der Waals surface area contributed by atoms with Gasteiger partial charge in [-0.15, -0.1) is 0 Å². The summed E-state index contributed by atoms with van der Waals surface area (Å²) in [7, 11) is 0. The summed E-state index contributed by atoms with van der Waals surface area (Å²) in [5.41, 5.74) is 1.10. The monoisotopic (exact) mass is 414 g/mol. The Bertz CT molecular complexity index is 721. The largest absolute Gasteiger partial charge is 0.352 e. The third-order valence-electron chi connectivity index (χ3n) is 2.95. The highest BCUT2D eigenvalue weighted by atomic mass is 79.9. The molecule has 0 heterocycles. The molecule has 4 nitrogen and oxygen atoms in total. The molecule has 0 fully saturated rings. The number of anilines is 1. The summed E-state index contributed by atoms with van der Waals surface area (Å²) in [6.45, 7) is 0.238. The molecule has 7 heteroatoms. The van der Waals surface area contributed by atoms with Crippen LogP contribution in [0.4, 0.5) is 5.69 Å².